The molecule has 0 aliphatic heterocycles. The van der Waals surface area contributed by atoms with Gasteiger partial charge >= 0.3 is 6.03 Å². The lowest BCUT2D eigenvalue weighted by atomic mass is 10.3. The lowest BCUT2D eigenvalue weighted by molar-refractivity contribution is -0.117. The number of nitrogens with zero attached hydrogens (tertiary/aromatic N) is 2. The average molecular weight is 366 g/mol. The lowest BCUT2D eigenvalue weighted by Crippen LogP contribution is -2.41. The summed E-state index contributed by atoms with van der Waals surface area (Å²) in [7, 11) is 3.18. The summed E-state index contributed by atoms with van der Waals surface area (Å²) in [6.45, 7) is 1.91. The van der Waals surface area contributed by atoms with Gasteiger partial charge in [0.2, 0.25) is 5.91 Å². The minimum atomic E-state index is -0.532. The number of methoxy groups -OCH3 is 2. The number of carbonyl (C=O) groups excluding carboxylic acids is 2. The minimum absolute atomic E-state index is 0.0913. The number of imide groups is 1. The zero-order valence-electron chi connectivity index (χ0n) is 14.3. The van der Waals surface area contributed by atoms with Crippen LogP contribution in [0.25, 0.3) is 11.0 Å². The fraction of sp³-hybridized carbons (Fsp3) is 0.438. The normalized spacial score (nSPS) is 10.8. The molecule has 0 saturated heterocycles. The number of carbonyl (C=O) groups is 2. The monoisotopic (exact) mass is 366 g/mol. The maximum Gasteiger partial charge on any atom is 0.321 e. The molecule has 8 nitrogen and oxygen atoms in total. The molecule has 136 valence electrons. The highest BCUT2D eigenvalue weighted by molar-refractivity contribution is 7.99. The van der Waals surface area contributed by atoms with Crippen molar-refractivity contribution >= 4 is 34.7 Å². The van der Waals surface area contributed by atoms with Gasteiger partial charge in [-0.15, -0.1) is 0 Å². The predicted molar refractivity (Wildman–Crippen MR) is 95.8 cm³/mol. The quantitative estimate of drug-likeness (QED) is 0.512. The van der Waals surface area contributed by atoms with Gasteiger partial charge in [0.15, 0.2) is 5.16 Å². The third kappa shape index (κ3) is 5.73. The summed E-state index contributed by atoms with van der Waals surface area (Å²) in [5.74, 6) is -0.293. The Balaban J connectivity index is 1.95. The van der Waals surface area contributed by atoms with E-state index in [1.54, 1.807) is 7.11 Å². The molecule has 9 heteroatoms. The third-order valence-electron chi connectivity index (χ3n) is 3.32. The van der Waals surface area contributed by atoms with E-state index < -0.39 is 6.03 Å². The number of nitrogens with one attached hydrogen (secondary N) is 2. The molecule has 0 saturated carbocycles. The summed E-state index contributed by atoms with van der Waals surface area (Å²) in [6, 6.07) is 7.23. The number of hydrogen-bond donors (Lipinski definition) is 2. The zero-order chi connectivity index (χ0) is 18.1. The van der Waals surface area contributed by atoms with E-state index in [-0.39, 0.29) is 11.7 Å². The predicted octanol–water partition coefficient (Wildman–Crippen LogP) is 1.25. The van der Waals surface area contributed by atoms with Crippen molar-refractivity contribution in [3.8, 4) is 0 Å². The van der Waals surface area contributed by atoms with Gasteiger partial charge in [-0.05, 0) is 12.1 Å². The van der Waals surface area contributed by atoms with Crippen LogP contribution in [0.5, 0.6) is 0 Å². The van der Waals surface area contributed by atoms with E-state index in [0.29, 0.717) is 31.5 Å². The van der Waals surface area contributed by atoms with Crippen LogP contribution in [-0.2, 0) is 20.8 Å². The molecule has 25 heavy (non-hydrogen) atoms. The molecule has 1 aromatic heterocycles. The fourth-order valence-corrected chi connectivity index (χ4v) is 3.01. The van der Waals surface area contributed by atoms with Crippen LogP contribution in [0.15, 0.2) is 29.4 Å². The number of aromatic nitrogens is 2. The van der Waals surface area contributed by atoms with Gasteiger partial charge < -0.3 is 19.4 Å². The molecule has 3 amide bonds. The Morgan fingerprint density at radius 1 is 1.20 bits per heavy atom. The maximum atomic E-state index is 11.9. The van der Waals surface area contributed by atoms with Crippen molar-refractivity contribution < 1.29 is 19.1 Å². The van der Waals surface area contributed by atoms with Crippen molar-refractivity contribution in [1.82, 2.24) is 20.2 Å². The number of fused-ring (bicyclic) bond motifs is 1. The topological polar surface area (TPSA) is 94.5 Å². The maximum absolute atomic E-state index is 11.9. The van der Waals surface area contributed by atoms with Crippen LogP contribution in [0.4, 0.5) is 4.79 Å². The van der Waals surface area contributed by atoms with E-state index in [4.69, 9.17) is 9.47 Å². The number of thioether (sulfide) groups is 1. The minimum Gasteiger partial charge on any atom is -0.383 e. The largest absolute Gasteiger partial charge is 0.383 e. The van der Waals surface area contributed by atoms with Gasteiger partial charge in [-0.3, -0.25) is 10.1 Å². The number of hydrogen-bond acceptors (Lipinski definition) is 6. The van der Waals surface area contributed by atoms with Gasteiger partial charge in [0.05, 0.1) is 30.0 Å². The van der Waals surface area contributed by atoms with E-state index in [1.165, 1.54) is 18.9 Å². The molecule has 1 heterocycles. The van der Waals surface area contributed by atoms with Crippen LogP contribution >= 0.6 is 11.8 Å². The Kier molecular flexibility index (Phi) is 7.71. The van der Waals surface area contributed by atoms with Gasteiger partial charge in [-0.2, -0.15) is 0 Å². The molecule has 1 aromatic carbocycles. The number of rotatable bonds is 9. The standard InChI is InChI=1S/C16H22N4O4S/c1-23-9-7-17-15(22)19-14(21)11-25-16-18-12-5-3-4-6-13(12)20(16)8-10-24-2/h3-6H,7-11H2,1-2H3,(H2,17,19,21,22). The van der Waals surface area contributed by atoms with E-state index in [1.807, 2.05) is 28.8 Å². The average Bonchev–Trinajstić information content (AvgIpc) is 2.96. The molecule has 2 rings (SSSR count). The van der Waals surface area contributed by atoms with Crippen molar-refractivity contribution in [3.63, 3.8) is 0 Å². The van der Waals surface area contributed by atoms with Crippen molar-refractivity contribution in [2.45, 2.75) is 11.7 Å². The van der Waals surface area contributed by atoms with Gasteiger partial charge in [-0.1, -0.05) is 23.9 Å². The molecule has 0 bridgehead atoms. The first-order valence-corrected chi connectivity index (χ1v) is 8.78. The Labute approximate surface area is 150 Å². The van der Waals surface area contributed by atoms with Crippen LogP contribution in [0.2, 0.25) is 0 Å². The molecular weight excluding hydrogens is 344 g/mol. The van der Waals surface area contributed by atoms with Crippen molar-refractivity contribution in [3.05, 3.63) is 24.3 Å². The third-order valence-corrected chi connectivity index (χ3v) is 4.29. The van der Waals surface area contributed by atoms with Gasteiger partial charge in [0.1, 0.15) is 0 Å². The number of imidazole rings is 1. The van der Waals surface area contributed by atoms with E-state index in [9.17, 15) is 9.59 Å². The number of para-hydroxylation sites is 2. The first-order valence-electron chi connectivity index (χ1n) is 7.79. The second kappa shape index (κ2) is 10.0. The Hall–Kier alpha value is -2.10. The second-order valence-corrected chi connectivity index (χ2v) is 6.06. The molecule has 0 fully saturated rings. The Bertz CT molecular complexity index is 719. The van der Waals surface area contributed by atoms with E-state index in [2.05, 4.69) is 15.6 Å². The molecule has 0 spiro atoms. The van der Waals surface area contributed by atoms with Crippen LogP contribution in [-0.4, -0.2) is 61.2 Å². The van der Waals surface area contributed by atoms with Gasteiger partial charge in [0.25, 0.3) is 0 Å². The highest BCUT2D eigenvalue weighted by Gasteiger charge is 2.14. The summed E-state index contributed by atoms with van der Waals surface area (Å²) < 4.78 is 12.0. The molecule has 0 aliphatic carbocycles. The first-order chi connectivity index (χ1) is 12.2. The van der Waals surface area contributed by atoms with Crippen LogP contribution in [0.3, 0.4) is 0 Å². The zero-order valence-corrected chi connectivity index (χ0v) is 15.1. The highest BCUT2D eigenvalue weighted by Crippen LogP contribution is 2.23. The molecule has 0 atom stereocenters. The van der Waals surface area contributed by atoms with Crippen LogP contribution < -0.4 is 10.6 Å². The summed E-state index contributed by atoms with van der Waals surface area (Å²) in [5, 5.41) is 5.53. The summed E-state index contributed by atoms with van der Waals surface area (Å²) >= 11 is 1.28. The van der Waals surface area contributed by atoms with Crippen molar-refractivity contribution in [2.24, 2.45) is 0 Å². The van der Waals surface area contributed by atoms with Gasteiger partial charge in [0, 0.05) is 27.3 Å². The Morgan fingerprint density at radius 3 is 2.72 bits per heavy atom. The summed E-state index contributed by atoms with van der Waals surface area (Å²) in [6.07, 6.45) is 0. The lowest BCUT2D eigenvalue weighted by Gasteiger charge is -2.08. The van der Waals surface area contributed by atoms with E-state index in [0.717, 1.165) is 11.0 Å². The molecular formula is C16H22N4O4S. The fourth-order valence-electron chi connectivity index (χ4n) is 2.17. The highest BCUT2D eigenvalue weighted by atomic mass is 32.2. The number of benzene rings is 1. The molecule has 0 aliphatic rings. The van der Waals surface area contributed by atoms with E-state index >= 15 is 0 Å². The van der Waals surface area contributed by atoms with Crippen LogP contribution in [0.1, 0.15) is 0 Å². The summed E-state index contributed by atoms with van der Waals surface area (Å²) in [5.41, 5.74) is 1.85. The number of urea groups is 1. The molecule has 2 aromatic rings. The second-order valence-electron chi connectivity index (χ2n) is 5.11. The van der Waals surface area contributed by atoms with Crippen LogP contribution in [0, 0.1) is 0 Å². The number of amides is 3. The number of ether oxygens (including phenoxy) is 2. The van der Waals surface area contributed by atoms with Crippen molar-refractivity contribution in [2.75, 3.05) is 39.7 Å². The smallest absolute Gasteiger partial charge is 0.321 e. The molecule has 0 radical (unpaired) electrons. The molecule has 0 unspecified atom stereocenters. The Morgan fingerprint density at radius 2 is 1.96 bits per heavy atom. The van der Waals surface area contributed by atoms with Crippen molar-refractivity contribution in [1.29, 1.82) is 0 Å². The summed E-state index contributed by atoms with van der Waals surface area (Å²) in [4.78, 5) is 28.0. The SMILES string of the molecule is COCCNC(=O)NC(=O)CSc1nc2ccccc2n1CCOC. The molecule has 2 N–H and O–H groups in total. The van der Waals surface area contributed by atoms with Gasteiger partial charge in [-0.25, -0.2) is 9.78 Å². The first kappa shape index (κ1) is 19.2.